The second kappa shape index (κ2) is 8.58. The van der Waals surface area contributed by atoms with Crippen molar-refractivity contribution in [2.45, 2.75) is 17.6 Å². The molecular weight excluding hydrogens is 443 g/mol. The fourth-order valence-corrected chi connectivity index (χ4v) is 3.72. The van der Waals surface area contributed by atoms with Crippen LogP contribution in [-0.4, -0.2) is 24.7 Å². The van der Waals surface area contributed by atoms with Gasteiger partial charge in [-0.15, -0.1) is 0 Å². The Morgan fingerprint density at radius 3 is 2.20 bits per heavy atom. The highest BCUT2D eigenvalue weighted by Gasteiger charge is 2.30. The summed E-state index contributed by atoms with van der Waals surface area (Å²) in [5, 5.41) is 4.75. The second-order valence-corrected chi connectivity index (χ2v) is 8.41. The van der Waals surface area contributed by atoms with Crippen LogP contribution in [0.2, 0.25) is 5.02 Å². The predicted molar refractivity (Wildman–Crippen MR) is 106 cm³/mol. The Morgan fingerprint density at radius 2 is 1.60 bits per heavy atom. The second-order valence-electron chi connectivity index (χ2n) is 6.21. The molecular formula is C19H15ClF3N3O3S. The molecule has 1 aromatic heterocycles. The van der Waals surface area contributed by atoms with E-state index in [1.54, 1.807) is 24.3 Å². The van der Waals surface area contributed by atoms with Crippen LogP contribution >= 0.6 is 11.6 Å². The van der Waals surface area contributed by atoms with Crippen LogP contribution in [0.1, 0.15) is 5.56 Å². The summed E-state index contributed by atoms with van der Waals surface area (Å²) in [7, 11) is -4.05. The molecule has 0 fully saturated rings. The number of rotatable bonds is 6. The van der Waals surface area contributed by atoms with Crippen LogP contribution in [0.5, 0.6) is 0 Å². The number of sulfonamides is 1. The lowest BCUT2D eigenvalue weighted by Crippen LogP contribution is -2.32. The maximum Gasteiger partial charge on any atom is 0.416 e. The lowest BCUT2D eigenvalue weighted by atomic mass is 10.1. The summed E-state index contributed by atoms with van der Waals surface area (Å²) >= 11 is 5.85. The van der Waals surface area contributed by atoms with E-state index in [9.17, 15) is 26.4 Å². The molecule has 1 N–H and O–H groups in total. The first kappa shape index (κ1) is 22.0. The molecule has 0 aliphatic carbocycles. The number of halogens is 4. The predicted octanol–water partition coefficient (Wildman–Crippen LogP) is 3.56. The summed E-state index contributed by atoms with van der Waals surface area (Å²) in [4.78, 5) is 11.7. The number of nitrogens with one attached hydrogen (secondary N) is 1. The molecule has 6 nitrogen and oxygen atoms in total. The van der Waals surface area contributed by atoms with Crippen molar-refractivity contribution in [3.8, 4) is 11.3 Å². The Kier molecular flexibility index (Phi) is 6.30. The standard InChI is InChI=1S/C19H15ClF3N3O3S/c20-15-5-1-13(2-6-15)17-9-10-18(27)26(25-17)12-11-24-30(28,29)16-7-3-14(4-8-16)19(21,22)23/h1-10,24H,11-12H2. The Bertz CT molecular complexity index is 1190. The van der Waals surface area contributed by atoms with Gasteiger partial charge in [0.05, 0.1) is 22.7 Å². The van der Waals surface area contributed by atoms with Crippen LogP contribution in [0.15, 0.2) is 70.4 Å². The van der Waals surface area contributed by atoms with Gasteiger partial charge in [-0.05, 0) is 42.5 Å². The molecule has 0 aliphatic rings. The zero-order valence-corrected chi connectivity index (χ0v) is 16.8. The first-order valence-electron chi connectivity index (χ1n) is 8.57. The Morgan fingerprint density at radius 1 is 0.967 bits per heavy atom. The van der Waals surface area contributed by atoms with E-state index >= 15 is 0 Å². The summed E-state index contributed by atoms with van der Waals surface area (Å²) in [6.45, 7) is -0.250. The number of alkyl halides is 3. The Balaban J connectivity index is 1.70. The Hall–Kier alpha value is -2.69. The first-order chi connectivity index (χ1) is 14.1. The average molecular weight is 458 g/mol. The van der Waals surface area contributed by atoms with Gasteiger partial charge >= 0.3 is 6.18 Å². The molecule has 0 saturated heterocycles. The lowest BCUT2D eigenvalue weighted by molar-refractivity contribution is -0.137. The molecule has 0 atom stereocenters. The number of nitrogens with zero attached hydrogens (tertiary/aromatic N) is 2. The lowest BCUT2D eigenvalue weighted by Gasteiger charge is -2.10. The number of benzene rings is 2. The van der Waals surface area contributed by atoms with E-state index in [1.165, 1.54) is 12.1 Å². The van der Waals surface area contributed by atoms with E-state index in [0.717, 1.165) is 22.4 Å². The molecule has 0 saturated carbocycles. The van der Waals surface area contributed by atoms with Crippen molar-refractivity contribution in [2.75, 3.05) is 6.54 Å². The zero-order chi connectivity index (χ0) is 21.9. The van der Waals surface area contributed by atoms with E-state index in [-0.39, 0.29) is 18.0 Å². The molecule has 0 radical (unpaired) electrons. The minimum atomic E-state index is -4.56. The van der Waals surface area contributed by atoms with Crippen LogP contribution in [0.25, 0.3) is 11.3 Å². The quantitative estimate of drug-likeness (QED) is 0.613. The SMILES string of the molecule is O=c1ccc(-c2ccc(Cl)cc2)nn1CCNS(=O)(=O)c1ccc(C(F)(F)F)cc1. The van der Waals surface area contributed by atoms with Gasteiger partial charge in [-0.3, -0.25) is 4.79 Å². The maximum atomic E-state index is 12.6. The topological polar surface area (TPSA) is 81.1 Å². The smallest absolute Gasteiger partial charge is 0.268 e. The molecule has 0 bridgehead atoms. The fraction of sp³-hybridized carbons (Fsp3) is 0.158. The molecule has 0 spiro atoms. The third-order valence-corrected chi connectivity index (χ3v) is 5.84. The van der Waals surface area contributed by atoms with E-state index in [1.807, 2.05) is 0 Å². The zero-order valence-electron chi connectivity index (χ0n) is 15.2. The number of hydrogen-bond donors (Lipinski definition) is 1. The summed E-state index contributed by atoms with van der Waals surface area (Å²) < 4.78 is 65.7. The summed E-state index contributed by atoms with van der Waals surface area (Å²) in [6.07, 6.45) is -4.56. The third kappa shape index (κ3) is 5.26. The first-order valence-corrected chi connectivity index (χ1v) is 10.4. The maximum absolute atomic E-state index is 12.6. The van der Waals surface area contributed by atoms with Crippen molar-refractivity contribution in [3.05, 3.63) is 81.6 Å². The molecule has 158 valence electrons. The van der Waals surface area contributed by atoms with E-state index in [0.29, 0.717) is 22.8 Å². The number of aromatic nitrogens is 2. The molecule has 11 heteroatoms. The minimum absolute atomic E-state index is 0.0693. The third-order valence-electron chi connectivity index (χ3n) is 4.11. The van der Waals surface area contributed by atoms with Gasteiger partial charge in [0.15, 0.2) is 0 Å². The highest BCUT2D eigenvalue weighted by atomic mass is 35.5. The molecule has 30 heavy (non-hydrogen) atoms. The van der Waals surface area contributed by atoms with Gasteiger partial charge in [0.1, 0.15) is 0 Å². The van der Waals surface area contributed by atoms with Crippen LogP contribution < -0.4 is 10.3 Å². The van der Waals surface area contributed by atoms with Crippen molar-refractivity contribution in [1.82, 2.24) is 14.5 Å². The normalized spacial score (nSPS) is 12.1. The molecule has 3 aromatic rings. The fourth-order valence-electron chi connectivity index (χ4n) is 2.58. The highest BCUT2D eigenvalue weighted by molar-refractivity contribution is 7.89. The largest absolute Gasteiger partial charge is 0.416 e. The van der Waals surface area contributed by atoms with E-state index < -0.39 is 27.3 Å². The van der Waals surface area contributed by atoms with Crippen molar-refractivity contribution < 1.29 is 21.6 Å². The van der Waals surface area contributed by atoms with Gasteiger partial charge < -0.3 is 0 Å². The Labute approximate surface area is 175 Å². The molecule has 3 rings (SSSR count). The van der Waals surface area contributed by atoms with Gasteiger partial charge in [0, 0.05) is 23.2 Å². The molecule has 0 amide bonds. The van der Waals surface area contributed by atoms with Gasteiger partial charge in [-0.2, -0.15) is 18.3 Å². The van der Waals surface area contributed by atoms with Gasteiger partial charge in [-0.25, -0.2) is 17.8 Å². The highest BCUT2D eigenvalue weighted by Crippen LogP contribution is 2.29. The van der Waals surface area contributed by atoms with Gasteiger partial charge in [0.2, 0.25) is 10.0 Å². The molecule has 1 heterocycles. The monoisotopic (exact) mass is 457 g/mol. The van der Waals surface area contributed by atoms with Crippen LogP contribution in [0, 0.1) is 0 Å². The van der Waals surface area contributed by atoms with Crippen LogP contribution in [-0.2, 0) is 22.7 Å². The van der Waals surface area contributed by atoms with Crippen molar-refractivity contribution in [2.24, 2.45) is 0 Å². The van der Waals surface area contributed by atoms with Crippen molar-refractivity contribution in [3.63, 3.8) is 0 Å². The minimum Gasteiger partial charge on any atom is -0.268 e. The molecule has 0 aliphatic heterocycles. The summed E-state index contributed by atoms with van der Waals surface area (Å²) in [5.41, 5.74) is -0.159. The van der Waals surface area contributed by atoms with Gasteiger partial charge in [-0.1, -0.05) is 23.7 Å². The van der Waals surface area contributed by atoms with Gasteiger partial charge in [0.25, 0.3) is 5.56 Å². The average Bonchev–Trinajstić information content (AvgIpc) is 2.69. The molecule has 0 unspecified atom stereocenters. The molecule has 2 aromatic carbocycles. The summed E-state index contributed by atoms with van der Waals surface area (Å²) in [6, 6.07) is 12.8. The van der Waals surface area contributed by atoms with E-state index in [2.05, 4.69) is 9.82 Å². The summed E-state index contributed by atoms with van der Waals surface area (Å²) in [5.74, 6) is 0. The van der Waals surface area contributed by atoms with E-state index in [4.69, 9.17) is 11.6 Å². The van der Waals surface area contributed by atoms with Crippen molar-refractivity contribution in [1.29, 1.82) is 0 Å². The van der Waals surface area contributed by atoms with Crippen LogP contribution in [0.3, 0.4) is 0 Å². The van der Waals surface area contributed by atoms with Crippen molar-refractivity contribution >= 4 is 21.6 Å². The van der Waals surface area contributed by atoms with Crippen LogP contribution in [0.4, 0.5) is 13.2 Å². The number of hydrogen-bond acceptors (Lipinski definition) is 4.